The van der Waals surface area contributed by atoms with Crippen molar-refractivity contribution in [1.82, 2.24) is 15.5 Å². The molecule has 1 unspecified atom stereocenters. The second-order valence-corrected chi connectivity index (χ2v) is 3.82. The lowest BCUT2D eigenvalue weighted by molar-refractivity contribution is -0.137. The summed E-state index contributed by atoms with van der Waals surface area (Å²) in [6, 6.07) is 0. The Morgan fingerprint density at radius 2 is 2.31 bits per heavy atom. The minimum absolute atomic E-state index is 0.0719. The van der Waals surface area contributed by atoms with Gasteiger partial charge in [0.05, 0.1) is 25.7 Å². The Morgan fingerprint density at radius 3 is 2.88 bits per heavy atom. The fourth-order valence-electron chi connectivity index (χ4n) is 1.48. The smallest absolute Gasteiger partial charge is 0.239 e. The van der Waals surface area contributed by atoms with Crippen LogP contribution < -0.4 is 10.6 Å². The number of morpholine rings is 1. The van der Waals surface area contributed by atoms with Gasteiger partial charge in [0.1, 0.15) is 0 Å². The molecule has 0 bridgehead atoms. The largest absolute Gasteiger partial charge is 0.375 e. The van der Waals surface area contributed by atoms with Crippen LogP contribution in [0.15, 0.2) is 0 Å². The monoisotopic (exact) mass is 229 g/mol. The van der Waals surface area contributed by atoms with Crippen molar-refractivity contribution in [1.29, 1.82) is 0 Å². The number of nitrogens with one attached hydrogen (secondary N) is 2. The predicted molar refractivity (Wildman–Crippen MR) is 58.9 cm³/mol. The highest BCUT2D eigenvalue weighted by atomic mass is 16.5. The molecule has 1 heterocycles. The molecule has 0 aromatic heterocycles. The standard InChI is InChI=1S/C10H19N3O3/c1-11-9(14)7-13(2)10(15)5-8-6-12-3-4-16-8/h8,12H,3-7H2,1-2H3,(H,11,14). The molecule has 1 atom stereocenters. The van der Waals surface area contributed by atoms with Crippen LogP contribution in [0.5, 0.6) is 0 Å². The summed E-state index contributed by atoms with van der Waals surface area (Å²) in [5.74, 6) is -0.240. The molecule has 92 valence electrons. The van der Waals surface area contributed by atoms with Gasteiger partial charge in [0.2, 0.25) is 11.8 Å². The second-order valence-electron chi connectivity index (χ2n) is 3.82. The van der Waals surface area contributed by atoms with E-state index in [-0.39, 0.29) is 24.5 Å². The Labute approximate surface area is 95.3 Å². The summed E-state index contributed by atoms with van der Waals surface area (Å²) >= 11 is 0. The number of amides is 2. The Morgan fingerprint density at radius 1 is 1.56 bits per heavy atom. The van der Waals surface area contributed by atoms with Gasteiger partial charge in [0.15, 0.2) is 0 Å². The van der Waals surface area contributed by atoms with Gasteiger partial charge >= 0.3 is 0 Å². The first-order valence-electron chi connectivity index (χ1n) is 5.40. The van der Waals surface area contributed by atoms with Gasteiger partial charge in [-0.1, -0.05) is 0 Å². The third kappa shape index (κ3) is 4.16. The van der Waals surface area contributed by atoms with E-state index in [1.807, 2.05) is 0 Å². The molecule has 0 saturated carbocycles. The van der Waals surface area contributed by atoms with E-state index in [2.05, 4.69) is 10.6 Å². The highest BCUT2D eigenvalue weighted by Crippen LogP contribution is 2.03. The third-order valence-corrected chi connectivity index (χ3v) is 2.49. The summed E-state index contributed by atoms with van der Waals surface area (Å²) in [7, 11) is 3.17. The number of likely N-dealkylation sites (N-methyl/N-ethyl adjacent to an activating group) is 2. The van der Waals surface area contributed by atoms with Crippen molar-refractivity contribution in [2.75, 3.05) is 40.3 Å². The van der Waals surface area contributed by atoms with Crippen molar-refractivity contribution < 1.29 is 14.3 Å². The summed E-state index contributed by atoms with van der Waals surface area (Å²) in [6.45, 7) is 2.25. The lowest BCUT2D eigenvalue weighted by atomic mass is 10.2. The predicted octanol–water partition coefficient (Wildman–Crippen LogP) is -1.43. The molecule has 6 heteroatoms. The van der Waals surface area contributed by atoms with Gasteiger partial charge in [-0.15, -0.1) is 0 Å². The molecule has 16 heavy (non-hydrogen) atoms. The van der Waals surface area contributed by atoms with Crippen molar-refractivity contribution >= 4 is 11.8 Å². The van der Waals surface area contributed by atoms with E-state index >= 15 is 0 Å². The molecule has 0 aliphatic carbocycles. The molecule has 1 saturated heterocycles. The molecular weight excluding hydrogens is 210 g/mol. The van der Waals surface area contributed by atoms with Crippen LogP contribution in [-0.4, -0.2) is 63.2 Å². The lowest BCUT2D eigenvalue weighted by Gasteiger charge is -2.25. The first-order chi connectivity index (χ1) is 7.63. The molecule has 0 aromatic carbocycles. The number of ether oxygens (including phenoxy) is 1. The second kappa shape index (κ2) is 6.44. The molecule has 0 radical (unpaired) electrons. The first-order valence-corrected chi connectivity index (χ1v) is 5.40. The number of nitrogens with zero attached hydrogens (tertiary/aromatic N) is 1. The summed E-state index contributed by atoms with van der Waals surface area (Å²) in [5, 5.41) is 5.63. The van der Waals surface area contributed by atoms with Crippen LogP contribution in [0.4, 0.5) is 0 Å². The Hall–Kier alpha value is -1.14. The van der Waals surface area contributed by atoms with Crippen molar-refractivity contribution in [3.05, 3.63) is 0 Å². The zero-order valence-electron chi connectivity index (χ0n) is 9.78. The summed E-state index contributed by atoms with van der Waals surface area (Å²) < 4.78 is 5.42. The SMILES string of the molecule is CNC(=O)CN(C)C(=O)CC1CNCCO1. The van der Waals surface area contributed by atoms with E-state index in [1.165, 1.54) is 4.90 Å². The van der Waals surface area contributed by atoms with Crippen molar-refractivity contribution in [3.8, 4) is 0 Å². The third-order valence-electron chi connectivity index (χ3n) is 2.49. The number of hydrogen-bond donors (Lipinski definition) is 2. The molecule has 1 aliphatic rings. The molecule has 6 nitrogen and oxygen atoms in total. The van der Waals surface area contributed by atoms with Gasteiger partial charge < -0.3 is 20.3 Å². The highest BCUT2D eigenvalue weighted by Gasteiger charge is 2.20. The van der Waals surface area contributed by atoms with Crippen molar-refractivity contribution in [2.24, 2.45) is 0 Å². The van der Waals surface area contributed by atoms with Crippen molar-refractivity contribution in [2.45, 2.75) is 12.5 Å². The zero-order valence-corrected chi connectivity index (χ0v) is 9.78. The fraction of sp³-hybridized carbons (Fsp3) is 0.800. The molecular formula is C10H19N3O3. The van der Waals surface area contributed by atoms with E-state index in [9.17, 15) is 9.59 Å². The van der Waals surface area contributed by atoms with Gasteiger partial charge in [-0.2, -0.15) is 0 Å². The van der Waals surface area contributed by atoms with Crippen LogP contribution >= 0.6 is 0 Å². The van der Waals surface area contributed by atoms with E-state index in [1.54, 1.807) is 14.1 Å². The lowest BCUT2D eigenvalue weighted by Crippen LogP contribution is -2.43. The van der Waals surface area contributed by atoms with E-state index in [0.717, 1.165) is 6.54 Å². The Bertz CT molecular complexity index is 252. The molecule has 2 amide bonds. The zero-order chi connectivity index (χ0) is 12.0. The maximum atomic E-state index is 11.7. The van der Waals surface area contributed by atoms with Crippen LogP contribution in [0.25, 0.3) is 0 Å². The number of hydrogen-bond acceptors (Lipinski definition) is 4. The maximum absolute atomic E-state index is 11.7. The van der Waals surface area contributed by atoms with Gasteiger partial charge in [-0.3, -0.25) is 9.59 Å². The van der Waals surface area contributed by atoms with Gasteiger partial charge in [0, 0.05) is 27.2 Å². The maximum Gasteiger partial charge on any atom is 0.239 e. The quantitative estimate of drug-likeness (QED) is 0.620. The Kier molecular flexibility index (Phi) is 5.21. The van der Waals surface area contributed by atoms with Gasteiger partial charge in [-0.25, -0.2) is 0 Å². The van der Waals surface area contributed by atoms with Crippen LogP contribution in [0.3, 0.4) is 0 Å². The molecule has 1 rings (SSSR count). The normalized spacial score (nSPS) is 20.2. The highest BCUT2D eigenvalue weighted by molar-refractivity contribution is 5.84. The fourth-order valence-corrected chi connectivity index (χ4v) is 1.48. The molecule has 2 N–H and O–H groups in total. The number of carbonyl (C=O) groups excluding carboxylic acids is 2. The number of carbonyl (C=O) groups is 2. The minimum atomic E-state index is -0.168. The molecule has 0 aromatic rings. The number of rotatable bonds is 4. The van der Waals surface area contributed by atoms with Crippen LogP contribution in [0.2, 0.25) is 0 Å². The average Bonchev–Trinajstić information content (AvgIpc) is 2.30. The topological polar surface area (TPSA) is 70.7 Å². The minimum Gasteiger partial charge on any atom is -0.375 e. The summed E-state index contributed by atoms with van der Waals surface area (Å²) in [5.41, 5.74) is 0. The molecule has 1 aliphatic heterocycles. The van der Waals surface area contributed by atoms with E-state index < -0.39 is 0 Å². The van der Waals surface area contributed by atoms with Crippen molar-refractivity contribution in [3.63, 3.8) is 0 Å². The van der Waals surface area contributed by atoms with Crippen LogP contribution in [0, 0.1) is 0 Å². The van der Waals surface area contributed by atoms with E-state index in [0.29, 0.717) is 19.6 Å². The Balaban J connectivity index is 2.29. The first kappa shape index (κ1) is 12.9. The molecule has 1 fully saturated rings. The molecule has 0 spiro atoms. The summed E-state index contributed by atoms with van der Waals surface area (Å²) in [6.07, 6.45) is 0.244. The summed E-state index contributed by atoms with van der Waals surface area (Å²) in [4.78, 5) is 24.2. The van der Waals surface area contributed by atoms with Gasteiger partial charge in [-0.05, 0) is 0 Å². The van der Waals surface area contributed by atoms with Crippen LogP contribution in [0.1, 0.15) is 6.42 Å². The van der Waals surface area contributed by atoms with Crippen LogP contribution in [-0.2, 0) is 14.3 Å². The average molecular weight is 229 g/mol. The van der Waals surface area contributed by atoms with Gasteiger partial charge in [0.25, 0.3) is 0 Å². The van der Waals surface area contributed by atoms with E-state index in [4.69, 9.17) is 4.74 Å².